The Morgan fingerprint density at radius 1 is 1.07 bits per heavy atom. The van der Waals surface area contributed by atoms with Crippen molar-refractivity contribution in [1.29, 1.82) is 0 Å². The maximum absolute atomic E-state index is 11.2. The van der Waals surface area contributed by atoms with Crippen LogP contribution in [0.1, 0.15) is 25.1 Å². The highest BCUT2D eigenvalue weighted by atomic mass is 16.5. The summed E-state index contributed by atoms with van der Waals surface area (Å²) in [5, 5.41) is 10.1. The van der Waals surface area contributed by atoms with E-state index in [2.05, 4.69) is 15.6 Å². The second-order valence-corrected chi connectivity index (χ2v) is 6.58. The van der Waals surface area contributed by atoms with Crippen LogP contribution in [0, 0.1) is 0 Å². The molecule has 3 aromatic rings. The van der Waals surface area contributed by atoms with Crippen LogP contribution in [0.15, 0.2) is 42.6 Å². The van der Waals surface area contributed by atoms with E-state index < -0.39 is 0 Å². The van der Waals surface area contributed by atoms with Gasteiger partial charge in [0.15, 0.2) is 0 Å². The SMILES string of the molecule is CC(=O)Nc1ccc2c(c1)OCc1cc(-c3ccnc(NC(C)=O)c3)nn1C2. The van der Waals surface area contributed by atoms with Crippen LogP contribution in [0.3, 0.4) is 0 Å². The Bertz CT molecular complexity index is 1070. The van der Waals surface area contributed by atoms with E-state index in [4.69, 9.17) is 9.84 Å². The molecule has 0 fully saturated rings. The largest absolute Gasteiger partial charge is 0.487 e. The summed E-state index contributed by atoms with van der Waals surface area (Å²) >= 11 is 0. The zero-order valence-electron chi connectivity index (χ0n) is 15.5. The summed E-state index contributed by atoms with van der Waals surface area (Å²) in [7, 11) is 0. The molecule has 0 bridgehead atoms. The van der Waals surface area contributed by atoms with Crippen LogP contribution in [-0.4, -0.2) is 26.6 Å². The molecule has 0 radical (unpaired) electrons. The van der Waals surface area contributed by atoms with Gasteiger partial charge >= 0.3 is 0 Å². The lowest BCUT2D eigenvalue weighted by Gasteiger charge is -2.09. The topological polar surface area (TPSA) is 98.1 Å². The number of ether oxygens (including phenoxy) is 1. The summed E-state index contributed by atoms with van der Waals surface area (Å²) in [5.41, 5.74) is 4.27. The van der Waals surface area contributed by atoms with Crippen LogP contribution in [0.2, 0.25) is 0 Å². The Morgan fingerprint density at radius 3 is 2.68 bits per heavy atom. The van der Waals surface area contributed by atoms with Crippen molar-refractivity contribution < 1.29 is 14.3 Å². The predicted molar refractivity (Wildman–Crippen MR) is 104 cm³/mol. The number of amides is 2. The number of hydrogen-bond donors (Lipinski definition) is 2. The summed E-state index contributed by atoms with van der Waals surface area (Å²) in [6.07, 6.45) is 1.64. The standard InChI is InChI=1S/C20H19N5O3/c1-12(26)22-16-4-3-15-10-25-17(11-28-19(15)8-16)9-18(24-25)14-5-6-21-20(7-14)23-13(2)27/h3-9H,10-11H2,1-2H3,(H,22,26)(H,21,23,27). The molecular formula is C20H19N5O3. The van der Waals surface area contributed by atoms with Crippen LogP contribution in [0.4, 0.5) is 11.5 Å². The summed E-state index contributed by atoms with van der Waals surface area (Å²) in [4.78, 5) is 26.6. The fraction of sp³-hybridized carbons (Fsp3) is 0.200. The first-order valence-electron chi connectivity index (χ1n) is 8.82. The smallest absolute Gasteiger partial charge is 0.222 e. The molecule has 2 N–H and O–H groups in total. The van der Waals surface area contributed by atoms with Crippen molar-refractivity contribution >= 4 is 23.3 Å². The van der Waals surface area contributed by atoms with E-state index in [0.29, 0.717) is 24.7 Å². The molecule has 1 aliphatic rings. The number of carbonyl (C=O) groups is 2. The third kappa shape index (κ3) is 3.71. The Balaban J connectivity index is 1.61. The Labute approximate surface area is 161 Å². The summed E-state index contributed by atoms with van der Waals surface area (Å²) in [5.74, 6) is 0.923. The van der Waals surface area contributed by atoms with Crippen LogP contribution in [0.25, 0.3) is 11.3 Å². The summed E-state index contributed by atoms with van der Waals surface area (Å²) in [6, 6.07) is 11.2. The second kappa shape index (κ2) is 7.15. The van der Waals surface area contributed by atoms with Gasteiger partial charge in [-0.15, -0.1) is 0 Å². The highest BCUT2D eigenvalue weighted by Gasteiger charge is 2.18. The van der Waals surface area contributed by atoms with Gasteiger partial charge < -0.3 is 15.4 Å². The van der Waals surface area contributed by atoms with Crippen LogP contribution < -0.4 is 15.4 Å². The van der Waals surface area contributed by atoms with Gasteiger partial charge in [-0.3, -0.25) is 14.3 Å². The zero-order valence-corrected chi connectivity index (χ0v) is 15.5. The molecule has 0 spiro atoms. The molecule has 1 aliphatic heterocycles. The second-order valence-electron chi connectivity index (χ2n) is 6.58. The van der Waals surface area contributed by atoms with Gasteiger partial charge in [-0.05, 0) is 24.3 Å². The van der Waals surface area contributed by atoms with E-state index in [1.54, 1.807) is 12.3 Å². The molecule has 0 atom stereocenters. The van der Waals surface area contributed by atoms with Crippen molar-refractivity contribution in [3.8, 4) is 17.0 Å². The molecule has 0 unspecified atom stereocenters. The minimum absolute atomic E-state index is 0.123. The number of hydrogen-bond acceptors (Lipinski definition) is 5. The van der Waals surface area contributed by atoms with Crippen LogP contribution in [0.5, 0.6) is 5.75 Å². The molecular weight excluding hydrogens is 358 g/mol. The molecule has 1 aromatic carbocycles. The van der Waals surface area contributed by atoms with Gasteiger partial charge in [0.2, 0.25) is 11.8 Å². The average Bonchev–Trinajstić information content (AvgIpc) is 2.96. The van der Waals surface area contributed by atoms with E-state index in [9.17, 15) is 9.59 Å². The summed E-state index contributed by atoms with van der Waals surface area (Å²) in [6.45, 7) is 3.85. The van der Waals surface area contributed by atoms with E-state index >= 15 is 0 Å². The number of benzene rings is 1. The molecule has 3 heterocycles. The molecule has 0 aliphatic carbocycles. The van der Waals surface area contributed by atoms with E-state index in [1.807, 2.05) is 35.0 Å². The van der Waals surface area contributed by atoms with E-state index in [-0.39, 0.29) is 11.8 Å². The first-order chi connectivity index (χ1) is 13.5. The first kappa shape index (κ1) is 17.7. The van der Waals surface area contributed by atoms with Gasteiger partial charge in [0, 0.05) is 42.9 Å². The lowest BCUT2D eigenvalue weighted by molar-refractivity contribution is -0.115. The van der Waals surface area contributed by atoms with Crippen molar-refractivity contribution in [2.75, 3.05) is 10.6 Å². The highest BCUT2D eigenvalue weighted by molar-refractivity contribution is 5.89. The van der Waals surface area contributed by atoms with Gasteiger partial charge in [-0.2, -0.15) is 5.10 Å². The number of pyridine rings is 1. The number of nitrogens with zero attached hydrogens (tertiary/aromatic N) is 3. The highest BCUT2D eigenvalue weighted by Crippen LogP contribution is 2.30. The first-order valence-corrected chi connectivity index (χ1v) is 8.82. The third-order valence-electron chi connectivity index (χ3n) is 4.31. The van der Waals surface area contributed by atoms with E-state index in [0.717, 1.165) is 28.3 Å². The molecule has 0 saturated carbocycles. The quantitative estimate of drug-likeness (QED) is 0.731. The van der Waals surface area contributed by atoms with Crippen molar-refractivity contribution in [2.24, 2.45) is 0 Å². The monoisotopic (exact) mass is 377 g/mol. The number of aromatic nitrogens is 3. The number of nitrogens with one attached hydrogen (secondary N) is 2. The zero-order chi connectivity index (χ0) is 19.7. The van der Waals surface area contributed by atoms with Crippen molar-refractivity contribution in [2.45, 2.75) is 27.0 Å². The van der Waals surface area contributed by atoms with Crippen LogP contribution in [-0.2, 0) is 22.7 Å². The van der Waals surface area contributed by atoms with Gasteiger partial charge in [-0.1, -0.05) is 6.07 Å². The van der Waals surface area contributed by atoms with Gasteiger partial charge in [0.05, 0.1) is 17.9 Å². The Hall–Kier alpha value is -3.68. The fourth-order valence-electron chi connectivity index (χ4n) is 3.10. The van der Waals surface area contributed by atoms with Crippen molar-refractivity contribution in [3.63, 3.8) is 0 Å². The molecule has 8 heteroatoms. The molecule has 142 valence electrons. The number of anilines is 2. The number of rotatable bonds is 3. The lowest BCUT2D eigenvalue weighted by atomic mass is 10.2. The minimum Gasteiger partial charge on any atom is -0.487 e. The predicted octanol–water partition coefficient (Wildman–Crippen LogP) is 2.80. The normalized spacial score (nSPS) is 12.2. The average molecular weight is 377 g/mol. The van der Waals surface area contributed by atoms with Gasteiger partial charge in [0.1, 0.15) is 18.2 Å². The van der Waals surface area contributed by atoms with E-state index in [1.165, 1.54) is 13.8 Å². The lowest BCUT2D eigenvalue weighted by Crippen LogP contribution is -2.07. The maximum atomic E-state index is 11.2. The van der Waals surface area contributed by atoms with Crippen molar-refractivity contribution in [3.05, 3.63) is 53.9 Å². The molecule has 8 nitrogen and oxygen atoms in total. The molecule has 28 heavy (non-hydrogen) atoms. The minimum atomic E-state index is -0.172. The fourth-order valence-corrected chi connectivity index (χ4v) is 3.10. The Kier molecular flexibility index (Phi) is 4.52. The maximum Gasteiger partial charge on any atom is 0.222 e. The number of carbonyl (C=O) groups excluding carboxylic acids is 2. The molecule has 2 aromatic heterocycles. The third-order valence-corrected chi connectivity index (χ3v) is 4.31. The molecule has 4 rings (SSSR count). The van der Waals surface area contributed by atoms with Gasteiger partial charge in [-0.25, -0.2) is 4.98 Å². The summed E-state index contributed by atoms with van der Waals surface area (Å²) < 4.78 is 7.84. The van der Waals surface area contributed by atoms with Crippen molar-refractivity contribution in [1.82, 2.24) is 14.8 Å². The Morgan fingerprint density at radius 2 is 1.89 bits per heavy atom. The van der Waals surface area contributed by atoms with Crippen LogP contribution >= 0.6 is 0 Å². The number of fused-ring (bicyclic) bond motifs is 2. The molecule has 0 saturated heterocycles. The van der Waals surface area contributed by atoms with Gasteiger partial charge in [0.25, 0.3) is 0 Å². The molecule has 2 amide bonds.